The third kappa shape index (κ3) is 1.68. The highest BCUT2D eigenvalue weighted by Crippen LogP contribution is 2.46. The molecule has 0 rings (SSSR count). The van der Waals surface area contributed by atoms with Gasteiger partial charge in [0.15, 0.2) is 0 Å². The van der Waals surface area contributed by atoms with E-state index in [1.165, 1.54) is 0 Å². The van der Waals surface area contributed by atoms with E-state index in [9.17, 15) is 35.5 Å². The molecular weight excluding hydrogens is 211 g/mol. The Kier molecular flexibility index (Phi) is 2.52. The van der Waals surface area contributed by atoms with E-state index in [2.05, 4.69) is 0 Å². The number of halogens is 7. The molecule has 0 saturated heterocycles. The Morgan fingerprint density at radius 3 is 1.31 bits per heavy atom. The zero-order valence-electron chi connectivity index (χ0n) is 5.55. The first kappa shape index (κ1) is 12.0. The number of amides is 1. The van der Waals surface area contributed by atoms with Crippen molar-refractivity contribution in [3.8, 4) is 0 Å². The highest BCUT2D eigenvalue weighted by Gasteiger charge is 2.76. The van der Waals surface area contributed by atoms with Gasteiger partial charge in [-0.3, -0.25) is 10.5 Å². The summed E-state index contributed by atoms with van der Waals surface area (Å²) in [5.74, 6) is -15.8. The average Bonchev–Trinajstić information content (AvgIpc) is 1.84. The van der Waals surface area contributed by atoms with Crippen LogP contribution in [0.15, 0.2) is 0 Å². The van der Waals surface area contributed by atoms with Gasteiger partial charge >= 0.3 is 23.9 Å². The minimum absolute atomic E-state index is 3.28. The SMILES string of the molecule is [NH]C(=O)C(F)(F)C(F)(F)C(F)(F)F. The summed E-state index contributed by atoms with van der Waals surface area (Å²) >= 11 is 0. The summed E-state index contributed by atoms with van der Waals surface area (Å²) in [6, 6.07) is 0. The molecule has 0 aliphatic rings. The van der Waals surface area contributed by atoms with Gasteiger partial charge in [-0.15, -0.1) is 0 Å². The number of hydrogen-bond acceptors (Lipinski definition) is 1. The van der Waals surface area contributed by atoms with E-state index in [1.807, 2.05) is 0 Å². The quantitative estimate of drug-likeness (QED) is 0.641. The van der Waals surface area contributed by atoms with Crippen LogP contribution >= 0.6 is 0 Å². The molecule has 0 atom stereocenters. The molecule has 13 heavy (non-hydrogen) atoms. The van der Waals surface area contributed by atoms with E-state index in [0.29, 0.717) is 0 Å². The van der Waals surface area contributed by atoms with E-state index in [0.717, 1.165) is 0 Å². The van der Waals surface area contributed by atoms with Crippen molar-refractivity contribution >= 4 is 5.91 Å². The molecular formula is C4HF7NO. The molecule has 0 unspecified atom stereocenters. The molecule has 0 spiro atoms. The van der Waals surface area contributed by atoms with Crippen LogP contribution in [0, 0.1) is 0 Å². The Labute approximate surface area is 66.5 Å². The molecule has 0 aliphatic carbocycles. The van der Waals surface area contributed by atoms with Gasteiger partial charge in [0.25, 0.3) is 0 Å². The number of carbonyl (C=O) groups excluding carboxylic acids is 1. The molecule has 2 nitrogen and oxygen atoms in total. The van der Waals surface area contributed by atoms with Crippen LogP contribution in [0.2, 0.25) is 0 Å². The van der Waals surface area contributed by atoms with Crippen LogP contribution in [0.25, 0.3) is 0 Å². The molecule has 0 saturated carbocycles. The number of alkyl halides is 7. The molecule has 1 N–H and O–H groups in total. The summed E-state index contributed by atoms with van der Waals surface area (Å²) in [5, 5.41) is 0. The van der Waals surface area contributed by atoms with Gasteiger partial charge in [0.1, 0.15) is 0 Å². The Bertz CT molecular complexity index is 219. The highest BCUT2D eigenvalue weighted by atomic mass is 19.4. The number of hydrogen-bond donors (Lipinski definition) is 0. The first-order valence-corrected chi connectivity index (χ1v) is 2.53. The smallest absolute Gasteiger partial charge is 0.266 e. The molecule has 0 aromatic carbocycles. The van der Waals surface area contributed by atoms with Crippen molar-refractivity contribution in [3.05, 3.63) is 0 Å². The molecule has 1 amide bonds. The van der Waals surface area contributed by atoms with Gasteiger partial charge in [-0.05, 0) is 0 Å². The third-order valence-corrected chi connectivity index (χ3v) is 1.04. The third-order valence-electron chi connectivity index (χ3n) is 1.04. The summed E-state index contributed by atoms with van der Waals surface area (Å²) in [7, 11) is 0. The van der Waals surface area contributed by atoms with Crippen LogP contribution < -0.4 is 5.73 Å². The van der Waals surface area contributed by atoms with E-state index in [1.54, 1.807) is 0 Å². The van der Waals surface area contributed by atoms with Crippen molar-refractivity contribution in [2.24, 2.45) is 0 Å². The molecule has 0 aliphatic heterocycles. The highest BCUT2D eigenvalue weighted by molar-refractivity contribution is 5.82. The van der Waals surface area contributed by atoms with Crippen LogP contribution in [0.4, 0.5) is 30.7 Å². The fourth-order valence-electron chi connectivity index (χ4n) is 0.321. The Balaban J connectivity index is 5.16. The summed E-state index contributed by atoms with van der Waals surface area (Å²) in [6.07, 6.45) is -6.56. The maximum atomic E-state index is 11.8. The first-order valence-electron chi connectivity index (χ1n) is 2.53. The molecule has 0 aromatic rings. The van der Waals surface area contributed by atoms with Gasteiger partial charge in [-0.2, -0.15) is 30.7 Å². The molecule has 0 heterocycles. The minimum atomic E-state index is -6.56. The van der Waals surface area contributed by atoms with Gasteiger partial charge in [-0.1, -0.05) is 0 Å². The second-order valence-electron chi connectivity index (χ2n) is 1.98. The Morgan fingerprint density at radius 1 is 0.923 bits per heavy atom. The maximum absolute atomic E-state index is 11.8. The largest absolute Gasteiger partial charge is 0.460 e. The van der Waals surface area contributed by atoms with Gasteiger partial charge in [0.05, 0.1) is 0 Å². The van der Waals surface area contributed by atoms with Crippen molar-refractivity contribution in [2.45, 2.75) is 18.0 Å². The maximum Gasteiger partial charge on any atom is 0.460 e. The lowest BCUT2D eigenvalue weighted by atomic mass is 10.1. The fraction of sp³-hybridized carbons (Fsp3) is 0.750. The van der Waals surface area contributed by atoms with Crippen molar-refractivity contribution in [1.82, 2.24) is 5.73 Å². The topological polar surface area (TPSA) is 40.9 Å². The van der Waals surface area contributed by atoms with Crippen LogP contribution in [-0.4, -0.2) is 23.9 Å². The molecule has 1 radical (unpaired) electrons. The standard InChI is InChI=1S/C4HF7NO/c5-2(6,1(12)13)3(7,8)4(9,10)11/h12H. The number of nitrogens with one attached hydrogen (secondary N) is 1. The lowest BCUT2D eigenvalue weighted by molar-refractivity contribution is -0.343. The Morgan fingerprint density at radius 2 is 1.23 bits per heavy atom. The lowest BCUT2D eigenvalue weighted by Crippen LogP contribution is -2.56. The van der Waals surface area contributed by atoms with Crippen LogP contribution in [0.5, 0.6) is 0 Å². The van der Waals surface area contributed by atoms with Crippen molar-refractivity contribution < 1.29 is 35.5 Å². The summed E-state index contributed by atoms with van der Waals surface area (Å²) in [4.78, 5) is 9.50. The van der Waals surface area contributed by atoms with Crippen LogP contribution in [0.1, 0.15) is 0 Å². The normalized spacial score (nSPS) is 14.4. The van der Waals surface area contributed by atoms with E-state index in [-0.39, 0.29) is 0 Å². The zero-order valence-corrected chi connectivity index (χ0v) is 5.55. The van der Waals surface area contributed by atoms with E-state index < -0.39 is 23.9 Å². The predicted molar refractivity (Wildman–Crippen MR) is 24.1 cm³/mol. The van der Waals surface area contributed by atoms with Gasteiger partial charge < -0.3 is 0 Å². The van der Waals surface area contributed by atoms with E-state index in [4.69, 9.17) is 5.73 Å². The predicted octanol–water partition coefficient (Wildman–Crippen LogP) is 1.63. The van der Waals surface area contributed by atoms with Gasteiger partial charge in [0.2, 0.25) is 0 Å². The van der Waals surface area contributed by atoms with Crippen molar-refractivity contribution in [2.75, 3.05) is 0 Å². The van der Waals surface area contributed by atoms with Crippen LogP contribution in [-0.2, 0) is 4.79 Å². The van der Waals surface area contributed by atoms with Gasteiger partial charge in [-0.25, -0.2) is 0 Å². The van der Waals surface area contributed by atoms with Crippen molar-refractivity contribution in [1.29, 1.82) is 0 Å². The number of rotatable bonds is 2. The zero-order chi connectivity index (χ0) is 11.1. The first-order chi connectivity index (χ1) is 5.44. The van der Waals surface area contributed by atoms with E-state index >= 15 is 0 Å². The molecule has 77 valence electrons. The molecule has 9 heteroatoms. The molecule has 0 aromatic heterocycles. The monoisotopic (exact) mass is 212 g/mol. The number of carbonyl (C=O) groups is 1. The summed E-state index contributed by atoms with van der Waals surface area (Å²) in [5.41, 5.74) is 5.55. The average molecular weight is 212 g/mol. The second kappa shape index (κ2) is 2.74. The lowest BCUT2D eigenvalue weighted by Gasteiger charge is -2.24. The minimum Gasteiger partial charge on any atom is -0.266 e. The molecule has 0 bridgehead atoms. The molecule has 0 fully saturated rings. The Hall–Kier alpha value is -1.02. The summed E-state index contributed by atoms with van der Waals surface area (Å²) < 4.78 is 80.8. The second-order valence-corrected chi connectivity index (χ2v) is 1.98. The van der Waals surface area contributed by atoms with Crippen LogP contribution in [0.3, 0.4) is 0 Å². The van der Waals surface area contributed by atoms with Crippen molar-refractivity contribution in [3.63, 3.8) is 0 Å². The van der Waals surface area contributed by atoms with Gasteiger partial charge in [0, 0.05) is 0 Å². The summed E-state index contributed by atoms with van der Waals surface area (Å²) in [6.45, 7) is 0. The fourth-order valence-corrected chi connectivity index (χ4v) is 0.321.